The van der Waals surface area contributed by atoms with Crippen molar-refractivity contribution in [2.24, 2.45) is 0 Å². The lowest BCUT2D eigenvalue weighted by atomic mass is 10.4. The molecule has 7 heavy (non-hydrogen) atoms. The highest BCUT2D eigenvalue weighted by molar-refractivity contribution is 4.62. The van der Waals surface area contributed by atoms with Gasteiger partial charge in [0.05, 0.1) is 0 Å². The van der Waals surface area contributed by atoms with Crippen molar-refractivity contribution in [3.05, 3.63) is 0 Å². The highest BCUT2D eigenvalue weighted by Crippen LogP contribution is 1.82. The van der Waals surface area contributed by atoms with E-state index in [9.17, 15) is 0 Å². The van der Waals surface area contributed by atoms with E-state index in [-0.39, 0.29) is 0 Å². The number of nitrogens with one attached hydrogen (secondary N) is 1. The summed E-state index contributed by atoms with van der Waals surface area (Å²) >= 11 is 0. The highest BCUT2D eigenvalue weighted by Gasteiger charge is 2.01. The summed E-state index contributed by atoms with van der Waals surface area (Å²) in [6.07, 6.45) is 0. The molecule has 0 amide bonds. The van der Waals surface area contributed by atoms with Crippen LogP contribution >= 0.6 is 0 Å². The minimum atomic E-state index is -2.24. The number of hydrogen-bond acceptors (Lipinski definition) is 2. The van der Waals surface area contributed by atoms with Crippen molar-refractivity contribution in [3.8, 4) is 0 Å². The van der Waals surface area contributed by atoms with Crippen LogP contribution in [0.4, 0.5) is 0 Å². The van der Waals surface area contributed by atoms with Gasteiger partial charge in [0.15, 0.2) is 0 Å². The molecule has 0 aliphatic carbocycles. The summed E-state index contributed by atoms with van der Waals surface area (Å²) in [5.74, 6) is 0. The van der Waals surface area contributed by atoms with E-state index in [1.165, 1.54) is 0 Å². The molecule has 1 saturated heterocycles. The van der Waals surface area contributed by atoms with Crippen LogP contribution in [0.5, 0.6) is 0 Å². The maximum atomic E-state index is 7.41. The van der Waals surface area contributed by atoms with Crippen LogP contribution < -0.4 is 5.32 Å². The third-order valence-corrected chi connectivity index (χ3v) is 0.869. The fourth-order valence-corrected chi connectivity index (χ4v) is 0.486. The molecular weight excluding hydrogens is 88.1 g/mol. The van der Waals surface area contributed by atoms with Crippen LogP contribution in [0.2, 0.25) is 0 Å². The Morgan fingerprint density at radius 2 is 3.00 bits per heavy atom. The zero-order valence-corrected chi connectivity index (χ0v) is 4.02. The molecule has 1 aliphatic rings. The van der Waals surface area contributed by atoms with E-state index in [1.807, 2.05) is 0 Å². The van der Waals surface area contributed by atoms with E-state index in [2.05, 4.69) is 5.32 Å². The number of piperazine rings is 1. The molecule has 0 aromatic heterocycles. The lowest BCUT2D eigenvalue weighted by Gasteiger charge is -2.21. The first kappa shape index (κ1) is 1.71. The summed E-state index contributed by atoms with van der Waals surface area (Å²) in [5.41, 5.74) is 0. The Hall–Kier alpha value is -0.0800. The molecule has 1 fully saturated rings. The second-order valence-corrected chi connectivity index (χ2v) is 1.46. The van der Waals surface area contributed by atoms with E-state index in [1.54, 1.807) is 0 Å². The third kappa shape index (κ3) is 1.45. The fraction of sp³-hybridized carbons (Fsp3) is 1.00. The maximum absolute atomic E-state index is 7.41. The van der Waals surface area contributed by atoms with Gasteiger partial charge < -0.3 is 10.2 Å². The predicted octanol–water partition coefficient (Wildman–Crippen LogP) is -0.479. The van der Waals surface area contributed by atoms with E-state index in [0.29, 0.717) is 13.1 Å². The number of rotatable bonds is 0. The van der Waals surface area contributed by atoms with Crippen molar-refractivity contribution in [2.45, 2.75) is 0 Å². The zero-order valence-electron chi connectivity index (χ0n) is 9.02. The second kappa shape index (κ2) is 2.28. The van der Waals surface area contributed by atoms with Gasteiger partial charge in [0.25, 0.3) is 0 Å². The monoisotopic (exact) mass is 105 g/mol. The van der Waals surface area contributed by atoms with Crippen LogP contribution in [0.3, 0.4) is 0 Å². The van der Waals surface area contributed by atoms with Crippen LogP contribution in [0.1, 0.15) is 6.85 Å². The first-order valence-corrected chi connectivity index (χ1v) is 2.27. The van der Waals surface area contributed by atoms with Crippen molar-refractivity contribution >= 4 is 0 Å². The molecule has 2 unspecified atom stereocenters. The van der Waals surface area contributed by atoms with E-state index >= 15 is 0 Å². The van der Waals surface area contributed by atoms with Gasteiger partial charge in [0, 0.05) is 33.0 Å². The smallest absolute Gasteiger partial charge is 0.0444 e. The molecule has 1 aliphatic heterocycles. The highest BCUT2D eigenvalue weighted by atomic mass is 15.2. The summed E-state index contributed by atoms with van der Waals surface area (Å²) in [5, 5.41) is 2.72. The van der Waals surface area contributed by atoms with Crippen LogP contribution in [-0.4, -0.2) is 38.0 Å². The van der Waals surface area contributed by atoms with Gasteiger partial charge in [-0.2, -0.15) is 0 Å². The Morgan fingerprint density at radius 1 is 2.00 bits per heavy atom. The average Bonchev–Trinajstić information content (AvgIpc) is 1.92. The Bertz CT molecular complexity index is 158. The molecule has 0 radical (unpaired) electrons. The minimum absolute atomic E-state index is 0.306. The van der Waals surface area contributed by atoms with Gasteiger partial charge in [-0.05, 0) is 6.98 Å². The van der Waals surface area contributed by atoms with E-state index < -0.39 is 20.0 Å². The molecular formula is C5H12N2. The van der Waals surface area contributed by atoms with Crippen molar-refractivity contribution < 1.29 is 6.85 Å². The Labute approximate surface area is 51.5 Å². The molecule has 2 atom stereocenters. The first-order valence-electron chi connectivity index (χ1n) is 4.93. The topological polar surface area (TPSA) is 15.3 Å². The first-order chi connectivity index (χ1) is 5.43. The van der Waals surface area contributed by atoms with Gasteiger partial charge >= 0.3 is 0 Å². The third-order valence-electron chi connectivity index (χ3n) is 0.869. The molecule has 2 heteroatoms. The number of hydrogen-bond donors (Lipinski definition) is 1. The van der Waals surface area contributed by atoms with Crippen LogP contribution in [0, 0.1) is 0 Å². The Kier molecular flexibility index (Phi) is 0.557. The zero-order chi connectivity index (χ0) is 9.35. The quantitative estimate of drug-likeness (QED) is 0.447. The summed E-state index contributed by atoms with van der Waals surface area (Å²) in [7, 11) is 0. The molecule has 0 saturated carbocycles. The lowest BCUT2D eigenvalue weighted by molar-refractivity contribution is 0.291. The van der Waals surface area contributed by atoms with Gasteiger partial charge in [0.1, 0.15) is 0 Å². The van der Waals surface area contributed by atoms with Crippen molar-refractivity contribution in [2.75, 3.05) is 33.1 Å². The Morgan fingerprint density at radius 3 is 3.71 bits per heavy atom. The minimum Gasteiger partial charge on any atom is -0.314 e. The summed E-state index contributed by atoms with van der Waals surface area (Å²) in [6.45, 7) is -3.29. The molecule has 0 spiro atoms. The van der Waals surface area contributed by atoms with E-state index in [0.717, 1.165) is 4.90 Å². The van der Waals surface area contributed by atoms with Gasteiger partial charge in [-0.25, -0.2) is 0 Å². The van der Waals surface area contributed by atoms with Crippen molar-refractivity contribution in [1.29, 1.82) is 0 Å². The second-order valence-electron chi connectivity index (χ2n) is 1.46. The summed E-state index contributed by atoms with van der Waals surface area (Å²) < 4.78 is 35.9. The maximum Gasteiger partial charge on any atom is 0.0444 e. The fourth-order valence-electron chi connectivity index (χ4n) is 0.486. The average molecular weight is 105 g/mol. The molecule has 1 N–H and O–H groups in total. The lowest BCUT2D eigenvalue weighted by Crippen LogP contribution is -2.40. The van der Waals surface area contributed by atoms with Gasteiger partial charge in [-0.15, -0.1) is 0 Å². The van der Waals surface area contributed by atoms with E-state index in [4.69, 9.17) is 6.85 Å². The summed E-state index contributed by atoms with van der Waals surface area (Å²) in [6, 6.07) is 0. The van der Waals surface area contributed by atoms with Crippen molar-refractivity contribution in [1.82, 2.24) is 10.2 Å². The van der Waals surface area contributed by atoms with Gasteiger partial charge in [-0.1, -0.05) is 0 Å². The number of nitrogens with zero attached hydrogens (tertiary/aromatic N) is 1. The molecule has 0 aromatic carbocycles. The van der Waals surface area contributed by atoms with Gasteiger partial charge in [-0.3, -0.25) is 0 Å². The molecule has 0 bridgehead atoms. The van der Waals surface area contributed by atoms with Crippen molar-refractivity contribution in [3.63, 3.8) is 0 Å². The standard InChI is InChI=1S/C5H12N2/c1-7-4-2-6-3-5-7/h6H,2-5H2,1H3/i1D3,2D,4D. The number of likely N-dealkylation sites (N-methyl/N-ethyl adjacent to an activating group) is 1. The molecule has 1 heterocycles. The SMILES string of the molecule is [2H]C1NCCN(C([2H])([2H])[2H])C1[2H]. The largest absolute Gasteiger partial charge is 0.314 e. The van der Waals surface area contributed by atoms with Crippen LogP contribution in [-0.2, 0) is 0 Å². The molecule has 1 rings (SSSR count). The van der Waals surface area contributed by atoms with Gasteiger partial charge in [0.2, 0.25) is 0 Å². The molecule has 2 nitrogen and oxygen atoms in total. The van der Waals surface area contributed by atoms with Crippen LogP contribution in [0.15, 0.2) is 0 Å². The Balaban J connectivity index is 2.64. The molecule has 0 aromatic rings. The summed E-state index contributed by atoms with van der Waals surface area (Å²) in [4.78, 5) is 1.06. The molecule has 42 valence electrons. The predicted molar refractivity (Wildman–Crippen MR) is 30.4 cm³/mol. The van der Waals surface area contributed by atoms with Crippen LogP contribution in [0.25, 0.3) is 0 Å². The normalized spacial score (nSPS) is 58.6.